The van der Waals surface area contributed by atoms with Crippen LogP contribution in [-0.4, -0.2) is 14.8 Å². The molecule has 0 atom stereocenters. The van der Waals surface area contributed by atoms with Gasteiger partial charge in [0.1, 0.15) is 5.82 Å². The molecule has 0 spiro atoms. The third-order valence-electron chi connectivity index (χ3n) is 4.07. The Bertz CT molecular complexity index is 957. The predicted octanol–water partition coefficient (Wildman–Crippen LogP) is 4.91. The molecule has 0 saturated heterocycles. The summed E-state index contributed by atoms with van der Waals surface area (Å²) in [5.74, 6) is 1.73. The van der Waals surface area contributed by atoms with Crippen LogP contribution >= 0.6 is 0 Å². The summed E-state index contributed by atoms with van der Waals surface area (Å²) in [6.07, 6.45) is 0. The van der Waals surface area contributed by atoms with Gasteiger partial charge < -0.3 is 0 Å². The van der Waals surface area contributed by atoms with Gasteiger partial charge in [-0.2, -0.15) is 0 Å². The number of aromatic nitrogens is 3. The lowest BCUT2D eigenvalue weighted by molar-refractivity contribution is 0.972. The van der Waals surface area contributed by atoms with E-state index in [9.17, 15) is 0 Å². The van der Waals surface area contributed by atoms with E-state index in [1.165, 1.54) is 11.1 Å². The van der Waals surface area contributed by atoms with Crippen molar-refractivity contribution in [2.75, 3.05) is 0 Å². The molecule has 0 N–H and O–H groups in total. The fourth-order valence-electron chi connectivity index (χ4n) is 2.90. The van der Waals surface area contributed by atoms with E-state index >= 15 is 0 Å². The van der Waals surface area contributed by atoms with Gasteiger partial charge in [0.2, 0.25) is 0 Å². The number of nitrogens with zero attached hydrogens (tertiary/aromatic N) is 3. The summed E-state index contributed by atoms with van der Waals surface area (Å²) >= 11 is 0. The van der Waals surface area contributed by atoms with Crippen molar-refractivity contribution in [3.63, 3.8) is 0 Å². The highest BCUT2D eigenvalue weighted by molar-refractivity contribution is 5.71. The minimum atomic E-state index is 0.858. The third kappa shape index (κ3) is 2.61. The Morgan fingerprint density at radius 3 is 2.00 bits per heavy atom. The Balaban J connectivity index is 1.84. The highest BCUT2D eigenvalue weighted by Crippen LogP contribution is 2.27. The van der Waals surface area contributed by atoms with Crippen LogP contribution in [0.4, 0.5) is 0 Å². The summed E-state index contributed by atoms with van der Waals surface area (Å²) in [5, 5.41) is 8.69. The van der Waals surface area contributed by atoms with Crippen molar-refractivity contribution in [3.05, 3.63) is 90.8 Å². The minimum Gasteiger partial charge on any atom is -0.279 e. The molecule has 3 heteroatoms. The smallest absolute Gasteiger partial charge is 0.168 e. The molecule has 24 heavy (non-hydrogen) atoms. The Morgan fingerprint density at radius 2 is 1.25 bits per heavy atom. The van der Waals surface area contributed by atoms with Crippen LogP contribution < -0.4 is 0 Å². The molecule has 1 heterocycles. The van der Waals surface area contributed by atoms with E-state index in [0.717, 1.165) is 22.9 Å². The van der Waals surface area contributed by atoms with Crippen LogP contribution in [0.5, 0.6) is 0 Å². The lowest BCUT2D eigenvalue weighted by Gasteiger charge is -2.10. The van der Waals surface area contributed by atoms with E-state index in [1.54, 1.807) is 0 Å². The molecular weight excluding hydrogens is 294 g/mol. The molecule has 4 aromatic rings. The lowest BCUT2D eigenvalue weighted by Crippen LogP contribution is -1.99. The van der Waals surface area contributed by atoms with Gasteiger partial charge in [-0.15, -0.1) is 10.2 Å². The normalized spacial score (nSPS) is 10.7. The molecule has 1 aromatic heterocycles. The van der Waals surface area contributed by atoms with Gasteiger partial charge in [0, 0.05) is 11.3 Å². The van der Waals surface area contributed by atoms with Crippen molar-refractivity contribution in [2.45, 2.75) is 6.92 Å². The first-order valence-electron chi connectivity index (χ1n) is 7.96. The fraction of sp³-hybridized carbons (Fsp3) is 0.0476. The van der Waals surface area contributed by atoms with Gasteiger partial charge in [-0.25, -0.2) is 0 Å². The van der Waals surface area contributed by atoms with E-state index in [2.05, 4.69) is 75.4 Å². The molecule has 3 nitrogen and oxygen atoms in total. The first kappa shape index (κ1) is 14.4. The molecule has 0 radical (unpaired) electrons. The summed E-state index contributed by atoms with van der Waals surface area (Å²) in [6.45, 7) is 1.98. The first-order chi connectivity index (χ1) is 11.8. The molecule has 0 bridgehead atoms. The SMILES string of the molecule is Cc1nnc(-c2cccc(-c3ccccc3)c2)n1-c1ccccc1. The number of hydrogen-bond donors (Lipinski definition) is 0. The zero-order valence-corrected chi connectivity index (χ0v) is 13.4. The highest BCUT2D eigenvalue weighted by Gasteiger charge is 2.13. The monoisotopic (exact) mass is 311 g/mol. The summed E-state index contributed by atoms with van der Waals surface area (Å²) in [4.78, 5) is 0. The highest BCUT2D eigenvalue weighted by atomic mass is 15.3. The maximum atomic E-state index is 4.41. The fourth-order valence-corrected chi connectivity index (χ4v) is 2.90. The van der Waals surface area contributed by atoms with Crippen molar-refractivity contribution in [3.8, 4) is 28.2 Å². The van der Waals surface area contributed by atoms with Crippen LogP contribution in [0, 0.1) is 6.92 Å². The molecule has 0 amide bonds. The van der Waals surface area contributed by atoms with Gasteiger partial charge in [-0.3, -0.25) is 4.57 Å². The molecule has 4 rings (SSSR count). The molecule has 0 fully saturated rings. The topological polar surface area (TPSA) is 30.7 Å². The molecule has 0 aliphatic heterocycles. The van der Waals surface area contributed by atoms with Crippen molar-refractivity contribution in [1.29, 1.82) is 0 Å². The van der Waals surface area contributed by atoms with E-state index < -0.39 is 0 Å². The van der Waals surface area contributed by atoms with Crippen LogP contribution in [0.2, 0.25) is 0 Å². The van der Waals surface area contributed by atoms with E-state index in [1.807, 2.05) is 31.2 Å². The largest absolute Gasteiger partial charge is 0.279 e. The average Bonchev–Trinajstić information content (AvgIpc) is 3.05. The van der Waals surface area contributed by atoms with Gasteiger partial charge in [0.25, 0.3) is 0 Å². The average molecular weight is 311 g/mol. The number of benzene rings is 3. The predicted molar refractivity (Wildman–Crippen MR) is 97.0 cm³/mol. The maximum Gasteiger partial charge on any atom is 0.168 e. The van der Waals surface area contributed by atoms with Crippen molar-refractivity contribution < 1.29 is 0 Å². The van der Waals surface area contributed by atoms with Gasteiger partial charge in [0.15, 0.2) is 5.82 Å². The lowest BCUT2D eigenvalue weighted by atomic mass is 10.0. The zero-order valence-electron chi connectivity index (χ0n) is 13.4. The molecule has 0 aliphatic carbocycles. The summed E-state index contributed by atoms with van der Waals surface area (Å²) in [6, 6.07) is 29.0. The first-order valence-corrected chi connectivity index (χ1v) is 7.96. The van der Waals surface area contributed by atoms with Gasteiger partial charge in [-0.1, -0.05) is 66.7 Å². The number of para-hydroxylation sites is 1. The second kappa shape index (κ2) is 6.13. The second-order valence-corrected chi connectivity index (χ2v) is 5.69. The van der Waals surface area contributed by atoms with E-state index in [0.29, 0.717) is 0 Å². The second-order valence-electron chi connectivity index (χ2n) is 5.69. The number of rotatable bonds is 3. The summed E-state index contributed by atoms with van der Waals surface area (Å²) in [7, 11) is 0. The molecule has 0 unspecified atom stereocenters. The quantitative estimate of drug-likeness (QED) is 0.538. The molecule has 3 aromatic carbocycles. The van der Waals surface area contributed by atoms with Gasteiger partial charge in [-0.05, 0) is 36.2 Å². The van der Waals surface area contributed by atoms with Crippen molar-refractivity contribution >= 4 is 0 Å². The zero-order chi connectivity index (χ0) is 16.4. The van der Waals surface area contributed by atoms with Crippen LogP contribution in [0.15, 0.2) is 84.9 Å². The van der Waals surface area contributed by atoms with Crippen molar-refractivity contribution in [1.82, 2.24) is 14.8 Å². The Hall–Kier alpha value is -3.20. The van der Waals surface area contributed by atoms with Crippen LogP contribution in [-0.2, 0) is 0 Å². The Kier molecular flexibility index (Phi) is 3.67. The molecular formula is C21H17N3. The number of aryl methyl sites for hydroxylation is 1. The van der Waals surface area contributed by atoms with Crippen molar-refractivity contribution in [2.24, 2.45) is 0 Å². The molecule has 0 aliphatic rings. The molecule has 116 valence electrons. The van der Waals surface area contributed by atoms with Crippen LogP contribution in [0.25, 0.3) is 28.2 Å². The minimum absolute atomic E-state index is 0.858. The van der Waals surface area contributed by atoms with Crippen LogP contribution in [0.1, 0.15) is 5.82 Å². The molecule has 0 saturated carbocycles. The standard InChI is InChI=1S/C21H17N3/c1-16-22-23-21(24(16)20-13-6-3-7-14-20)19-12-8-11-18(15-19)17-9-4-2-5-10-17/h2-15H,1H3. The third-order valence-corrected chi connectivity index (χ3v) is 4.07. The summed E-state index contributed by atoms with van der Waals surface area (Å²) < 4.78 is 2.09. The maximum absolute atomic E-state index is 4.41. The van der Waals surface area contributed by atoms with E-state index in [-0.39, 0.29) is 0 Å². The van der Waals surface area contributed by atoms with Gasteiger partial charge >= 0.3 is 0 Å². The van der Waals surface area contributed by atoms with Gasteiger partial charge in [0.05, 0.1) is 0 Å². The summed E-state index contributed by atoms with van der Waals surface area (Å²) in [5.41, 5.74) is 4.50. The van der Waals surface area contributed by atoms with E-state index in [4.69, 9.17) is 0 Å². The Labute approximate surface area is 141 Å². The number of hydrogen-bond acceptors (Lipinski definition) is 2. The van der Waals surface area contributed by atoms with Crippen LogP contribution in [0.3, 0.4) is 0 Å². The Morgan fingerprint density at radius 1 is 0.625 bits per heavy atom.